The zero-order valence-corrected chi connectivity index (χ0v) is 12.6. The molecule has 0 aliphatic rings. The molecule has 0 fully saturated rings. The molecule has 0 atom stereocenters. The van der Waals surface area contributed by atoms with Crippen molar-refractivity contribution in [2.75, 3.05) is 5.32 Å². The fourth-order valence-electron chi connectivity index (χ4n) is 1.70. The number of aromatic nitrogens is 1. The summed E-state index contributed by atoms with van der Waals surface area (Å²) in [4.78, 5) is 15.9. The number of carbonyl (C=O) groups excluding carboxylic acids is 1. The molecule has 0 aliphatic carbocycles. The molecule has 0 unspecified atom stereocenters. The van der Waals surface area contributed by atoms with E-state index in [2.05, 4.69) is 10.3 Å². The highest BCUT2D eigenvalue weighted by Crippen LogP contribution is 2.21. The molecular formula is C13H12ClN3O3S. The summed E-state index contributed by atoms with van der Waals surface area (Å²) >= 11 is 5.89. The second-order valence-corrected chi connectivity index (χ2v) is 6.30. The van der Waals surface area contributed by atoms with Gasteiger partial charge in [-0.1, -0.05) is 11.6 Å². The molecule has 1 aromatic carbocycles. The predicted octanol–water partition coefficient (Wildman–Crippen LogP) is 1.94. The first-order chi connectivity index (χ1) is 9.79. The average Bonchev–Trinajstić information content (AvgIpc) is 2.40. The highest BCUT2D eigenvalue weighted by Gasteiger charge is 2.13. The Balaban J connectivity index is 2.29. The monoisotopic (exact) mass is 325 g/mol. The SMILES string of the molecule is Cc1cc(S(N)(=O)=O)ccc1NC(=O)c1ccncc1Cl. The number of nitrogens with two attached hydrogens (primary N) is 1. The maximum atomic E-state index is 12.1. The first-order valence-corrected chi connectivity index (χ1v) is 7.76. The third-order valence-electron chi connectivity index (χ3n) is 2.79. The van der Waals surface area contributed by atoms with Gasteiger partial charge in [0, 0.05) is 18.1 Å². The van der Waals surface area contributed by atoms with Crippen LogP contribution in [0.3, 0.4) is 0 Å². The van der Waals surface area contributed by atoms with E-state index in [-0.39, 0.29) is 15.5 Å². The number of nitrogens with one attached hydrogen (secondary N) is 1. The van der Waals surface area contributed by atoms with E-state index in [1.54, 1.807) is 6.92 Å². The number of rotatable bonds is 3. The number of nitrogens with zero attached hydrogens (tertiary/aromatic N) is 1. The molecule has 2 aromatic rings. The van der Waals surface area contributed by atoms with Crippen LogP contribution in [0.1, 0.15) is 15.9 Å². The first-order valence-electron chi connectivity index (χ1n) is 5.83. The number of pyridine rings is 1. The van der Waals surface area contributed by atoms with Gasteiger partial charge in [0.15, 0.2) is 0 Å². The Bertz CT molecular complexity index is 806. The predicted molar refractivity (Wildman–Crippen MR) is 79.8 cm³/mol. The van der Waals surface area contributed by atoms with Gasteiger partial charge in [0.2, 0.25) is 10.0 Å². The number of hydrogen-bond acceptors (Lipinski definition) is 4. The van der Waals surface area contributed by atoms with Crippen molar-refractivity contribution in [3.8, 4) is 0 Å². The number of aryl methyl sites for hydroxylation is 1. The van der Waals surface area contributed by atoms with Gasteiger partial charge < -0.3 is 5.32 Å². The summed E-state index contributed by atoms with van der Waals surface area (Å²) in [6.07, 6.45) is 2.82. The Morgan fingerprint density at radius 3 is 2.62 bits per heavy atom. The number of sulfonamides is 1. The van der Waals surface area contributed by atoms with E-state index in [1.807, 2.05) is 0 Å². The summed E-state index contributed by atoms with van der Waals surface area (Å²) < 4.78 is 22.5. The first kappa shape index (κ1) is 15.4. The molecule has 1 aromatic heterocycles. The van der Waals surface area contributed by atoms with E-state index < -0.39 is 15.9 Å². The van der Waals surface area contributed by atoms with E-state index in [9.17, 15) is 13.2 Å². The largest absolute Gasteiger partial charge is 0.322 e. The molecule has 2 rings (SSSR count). The Kier molecular flexibility index (Phi) is 4.26. The number of halogens is 1. The van der Waals surface area contributed by atoms with E-state index in [1.165, 1.54) is 36.7 Å². The minimum Gasteiger partial charge on any atom is -0.322 e. The van der Waals surface area contributed by atoms with Gasteiger partial charge in [-0.2, -0.15) is 0 Å². The fourth-order valence-corrected chi connectivity index (χ4v) is 2.51. The van der Waals surface area contributed by atoms with Crippen LogP contribution in [-0.4, -0.2) is 19.3 Å². The Morgan fingerprint density at radius 2 is 2.05 bits per heavy atom. The standard InChI is InChI=1S/C13H12ClN3O3S/c1-8-6-9(21(15,19)20)2-3-12(8)17-13(18)10-4-5-16-7-11(10)14/h2-7H,1H3,(H,17,18)(H2,15,19,20). The van der Waals surface area contributed by atoms with Crippen molar-refractivity contribution in [3.63, 3.8) is 0 Å². The average molecular weight is 326 g/mol. The Morgan fingerprint density at radius 1 is 1.33 bits per heavy atom. The number of carbonyl (C=O) groups is 1. The van der Waals surface area contributed by atoms with Gasteiger partial charge in [0.25, 0.3) is 5.91 Å². The molecule has 1 heterocycles. The highest BCUT2D eigenvalue weighted by molar-refractivity contribution is 7.89. The van der Waals surface area contributed by atoms with Gasteiger partial charge in [0.05, 0.1) is 15.5 Å². The summed E-state index contributed by atoms with van der Waals surface area (Å²) in [5.74, 6) is -0.408. The maximum absolute atomic E-state index is 12.1. The highest BCUT2D eigenvalue weighted by atomic mass is 35.5. The molecule has 21 heavy (non-hydrogen) atoms. The molecule has 8 heteroatoms. The van der Waals surface area contributed by atoms with Crippen LogP contribution in [0, 0.1) is 6.92 Å². The summed E-state index contributed by atoms with van der Waals surface area (Å²) in [5, 5.41) is 7.94. The van der Waals surface area contributed by atoms with Crippen LogP contribution in [0.5, 0.6) is 0 Å². The lowest BCUT2D eigenvalue weighted by Gasteiger charge is -2.10. The smallest absolute Gasteiger partial charge is 0.257 e. The Hall–Kier alpha value is -1.96. The number of amides is 1. The van der Waals surface area contributed by atoms with Crippen molar-refractivity contribution in [2.24, 2.45) is 5.14 Å². The number of primary sulfonamides is 1. The van der Waals surface area contributed by atoms with Crippen molar-refractivity contribution < 1.29 is 13.2 Å². The van der Waals surface area contributed by atoms with Crippen LogP contribution in [0.25, 0.3) is 0 Å². The summed E-state index contributed by atoms with van der Waals surface area (Å²) in [6, 6.07) is 5.68. The second kappa shape index (κ2) is 5.80. The summed E-state index contributed by atoms with van der Waals surface area (Å²) in [7, 11) is -3.77. The van der Waals surface area contributed by atoms with Crippen LogP contribution in [-0.2, 0) is 10.0 Å². The molecular weight excluding hydrogens is 314 g/mol. The molecule has 0 spiro atoms. The van der Waals surface area contributed by atoms with Crippen molar-refractivity contribution in [1.82, 2.24) is 4.98 Å². The Labute approximate surface area is 127 Å². The van der Waals surface area contributed by atoms with E-state index in [0.717, 1.165) is 0 Å². The van der Waals surface area contributed by atoms with Crippen LogP contribution in [0.2, 0.25) is 5.02 Å². The number of hydrogen-bond donors (Lipinski definition) is 2. The van der Waals surface area contributed by atoms with Crippen molar-refractivity contribution >= 4 is 33.2 Å². The molecule has 1 amide bonds. The molecule has 0 bridgehead atoms. The van der Waals surface area contributed by atoms with Gasteiger partial charge in [-0.25, -0.2) is 13.6 Å². The number of benzene rings is 1. The van der Waals surface area contributed by atoms with Crippen LogP contribution < -0.4 is 10.5 Å². The maximum Gasteiger partial charge on any atom is 0.257 e. The van der Waals surface area contributed by atoms with Crippen molar-refractivity contribution in [3.05, 3.63) is 52.8 Å². The fraction of sp³-hybridized carbons (Fsp3) is 0.0769. The number of anilines is 1. The lowest BCUT2D eigenvalue weighted by molar-refractivity contribution is 0.102. The molecule has 6 nitrogen and oxygen atoms in total. The third kappa shape index (κ3) is 3.57. The normalized spacial score (nSPS) is 11.2. The van der Waals surface area contributed by atoms with Gasteiger partial charge in [-0.15, -0.1) is 0 Å². The zero-order valence-electron chi connectivity index (χ0n) is 11.0. The van der Waals surface area contributed by atoms with Crippen molar-refractivity contribution in [2.45, 2.75) is 11.8 Å². The molecule has 0 radical (unpaired) electrons. The van der Waals surface area contributed by atoms with Gasteiger partial charge >= 0.3 is 0 Å². The van der Waals surface area contributed by atoms with Gasteiger partial charge in [-0.3, -0.25) is 9.78 Å². The molecule has 0 saturated carbocycles. The quantitative estimate of drug-likeness (QED) is 0.900. The van der Waals surface area contributed by atoms with Crippen LogP contribution in [0.15, 0.2) is 41.6 Å². The lowest BCUT2D eigenvalue weighted by atomic mass is 10.2. The van der Waals surface area contributed by atoms with Crippen LogP contribution in [0.4, 0.5) is 5.69 Å². The van der Waals surface area contributed by atoms with Gasteiger partial charge in [0.1, 0.15) is 0 Å². The summed E-state index contributed by atoms with van der Waals surface area (Å²) in [6.45, 7) is 1.67. The van der Waals surface area contributed by atoms with E-state index in [4.69, 9.17) is 16.7 Å². The van der Waals surface area contributed by atoms with Gasteiger partial charge in [-0.05, 0) is 36.8 Å². The topological polar surface area (TPSA) is 102 Å². The minimum absolute atomic E-state index is 0.0139. The van der Waals surface area contributed by atoms with Crippen LogP contribution >= 0.6 is 11.6 Å². The zero-order chi connectivity index (χ0) is 15.6. The summed E-state index contributed by atoms with van der Waals surface area (Å²) in [5.41, 5.74) is 1.32. The minimum atomic E-state index is -3.77. The molecule has 0 aliphatic heterocycles. The lowest BCUT2D eigenvalue weighted by Crippen LogP contribution is -2.15. The van der Waals surface area contributed by atoms with E-state index in [0.29, 0.717) is 11.3 Å². The third-order valence-corrected chi connectivity index (χ3v) is 4.00. The van der Waals surface area contributed by atoms with E-state index >= 15 is 0 Å². The molecule has 110 valence electrons. The molecule has 3 N–H and O–H groups in total. The van der Waals surface area contributed by atoms with Crippen molar-refractivity contribution in [1.29, 1.82) is 0 Å². The molecule has 0 saturated heterocycles. The second-order valence-electron chi connectivity index (χ2n) is 4.33.